The first kappa shape index (κ1) is 13.7. The zero-order valence-electron chi connectivity index (χ0n) is 8.67. The molecule has 0 saturated heterocycles. The second kappa shape index (κ2) is 4.12. The first-order valence-electron chi connectivity index (χ1n) is 4.55. The van der Waals surface area contributed by atoms with Gasteiger partial charge in [0, 0.05) is 6.42 Å². The van der Waals surface area contributed by atoms with Gasteiger partial charge in [-0.2, -0.15) is 26.3 Å². The predicted octanol–water partition coefficient (Wildman–Crippen LogP) is 4.52. The van der Waals surface area contributed by atoms with Crippen LogP contribution in [0.25, 0.3) is 6.08 Å². The van der Waals surface area contributed by atoms with Crippen LogP contribution < -0.4 is 0 Å². The van der Waals surface area contributed by atoms with Gasteiger partial charge in [0.15, 0.2) is 0 Å². The van der Waals surface area contributed by atoms with E-state index in [1.807, 2.05) is 0 Å². The molecule has 1 rings (SSSR count). The molecule has 0 spiro atoms. The molecule has 0 atom stereocenters. The molecule has 0 fully saturated rings. The molecule has 0 aliphatic rings. The number of hydrogen-bond donors (Lipinski definition) is 0. The minimum absolute atomic E-state index is 0.286. The Hall–Kier alpha value is -1.40. The number of furan rings is 1. The van der Waals surface area contributed by atoms with E-state index >= 15 is 0 Å². The van der Waals surface area contributed by atoms with Gasteiger partial charge < -0.3 is 4.42 Å². The van der Waals surface area contributed by atoms with Crippen molar-refractivity contribution in [1.29, 1.82) is 0 Å². The molecule has 0 aliphatic heterocycles. The minimum atomic E-state index is -5.13. The van der Waals surface area contributed by atoms with Crippen LogP contribution in [0.3, 0.4) is 0 Å². The van der Waals surface area contributed by atoms with Gasteiger partial charge in [0.05, 0.1) is 0 Å². The molecule has 0 saturated carbocycles. The Bertz CT molecular complexity index is 423. The Morgan fingerprint density at radius 3 is 1.82 bits per heavy atom. The molecule has 7 heteroatoms. The first-order valence-corrected chi connectivity index (χ1v) is 4.55. The van der Waals surface area contributed by atoms with Crippen LogP contribution in [0.15, 0.2) is 11.0 Å². The van der Waals surface area contributed by atoms with Crippen molar-refractivity contribution < 1.29 is 30.8 Å². The Morgan fingerprint density at radius 1 is 1.06 bits per heavy atom. The Kier molecular flexibility index (Phi) is 3.31. The SMILES string of the molecule is C=Cc1oc(CC)c(C(F)(F)F)c1C(F)(F)F. The van der Waals surface area contributed by atoms with Crippen LogP contribution in [0.4, 0.5) is 26.3 Å². The van der Waals surface area contributed by atoms with Crippen molar-refractivity contribution in [2.45, 2.75) is 25.7 Å². The quantitative estimate of drug-likeness (QED) is 0.710. The third-order valence-corrected chi connectivity index (χ3v) is 2.08. The van der Waals surface area contributed by atoms with Crippen LogP contribution in [0.1, 0.15) is 29.6 Å². The number of hydrogen-bond acceptors (Lipinski definition) is 1. The zero-order valence-corrected chi connectivity index (χ0v) is 8.67. The Morgan fingerprint density at radius 2 is 1.53 bits per heavy atom. The number of halogens is 6. The minimum Gasteiger partial charge on any atom is -0.460 e. The lowest BCUT2D eigenvalue weighted by Crippen LogP contribution is -2.16. The summed E-state index contributed by atoms with van der Waals surface area (Å²) in [5, 5.41) is 0. The van der Waals surface area contributed by atoms with E-state index in [1.165, 1.54) is 6.92 Å². The maximum atomic E-state index is 12.6. The Balaban J connectivity index is 3.64. The summed E-state index contributed by atoms with van der Waals surface area (Å²) in [7, 11) is 0. The summed E-state index contributed by atoms with van der Waals surface area (Å²) >= 11 is 0. The predicted molar refractivity (Wildman–Crippen MR) is 48.2 cm³/mol. The van der Waals surface area contributed by atoms with E-state index in [0.717, 1.165) is 0 Å². The van der Waals surface area contributed by atoms with E-state index < -0.39 is 35.0 Å². The van der Waals surface area contributed by atoms with Gasteiger partial charge in [0.1, 0.15) is 22.6 Å². The van der Waals surface area contributed by atoms with Crippen molar-refractivity contribution in [3.8, 4) is 0 Å². The molecule has 0 unspecified atom stereocenters. The third kappa shape index (κ3) is 2.48. The molecule has 1 heterocycles. The summed E-state index contributed by atoms with van der Waals surface area (Å²) < 4.78 is 80.0. The maximum Gasteiger partial charge on any atom is 0.420 e. The number of rotatable bonds is 2. The third-order valence-electron chi connectivity index (χ3n) is 2.08. The molecule has 1 nitrogen and oxygen atoms in total. The number of aryl methyl sites for hydroxylation is 1. The molecule has 0 aliphatic carbocycles. The van der Waals surface area contributed by atoms with E-state index in [0.29, 0.717) is 6.08 Å². The smallest absolute Gasteiger partial charge is 0.420 e. The molecule has 1 aromatic rings. The van der Waals surface area contributed by atoms with Gasteiger partial charge in [0.2, 0.25) is 0 Å². The van der Waals surface area contributed by atoms with Gasteiger partial charge >= 0.3 is 12.4 Å². The normalized spacial score (nSPS) is 12.9. The highest BCUT2D eigenvalue weighted by Crippen LogP contribution is 2.45. The van der Waals surface area contributed by atoms with Crippen molar-refractivity contribution >= 4 is 6.08 Å². The summed E-state index contributed by atoms with van der Waals surface area (Å²) in [6.45, 7) is 4.29. The lowest BCUT2D eigenvalue weighted by atomic mass is 10.1. The molecule has 17 heavy (non-hydrogen) atoms. The fourth-order valence-corrected chi connectivity index (χ4v) is 1.47. The molecule has 96 valence electrons. The van der Waals surface area contributed by atoms with Crippen molar-refractivity contribution in [2.75, 3.05) is 0 Å². The summed E-state index contributed by atoms with van der Waals surface area (Å²) in [6.07, 6.45) is -9.91. The Labute approximate surface area is 92.7 Å². The number of alkyl halides is 6. The van der Waals surface area contributed by atoms with E-state index in [9.17, 15) is 26.3 Å². The van der Waals surface area contributed by atoms with Gasteiger partial charge in [0.25, 0.3) is 0 Å². The standard InChI is InChI=1S/C10H8F6O/c1-3-5-7(9(11,12)13)8(10(14,15)16)6(4-2)17-5/h3H,1,4H2,2H3. The summed E-state index contributed by atoms with van der Waals surface area (Å²) in [6, 6.07) is 0. The largest absolute Gasteiger partial charge is 0.460 e. The van der Waals surface area contributed by atoms with Crippen LogP contribution in [0.5, 0.6) is 0 Å². The molecule has 0 radical (unpaired) electrons. The van der Waals surface area contributed by atoms with Gasteiger partial charge in [-0.3, -0.25) is 0 Å². The fourth-order valence-electron chi connectivity index (χ4n) is 1.47. The van der Waals surface area contributed by atoms with Crippen LogP contribution in [0.2, 0.25) is 0 Å². The van der Waals surface area contributed by atoms with Gasteiger partial charge in [-0.05, 0) is 6.08 Å². The lowest BCUT2D eigenvalue weighted by Gasteiger charge is -2.11. The molecular weight excluding hydrogens is 250 g/mol. The van der Waals surface area contributed by atoms with E-state index in [1.54, 1.807) is 0 Å². The molecular formula is C10H8F6O. The molecule has 0 bridgehead atoms. The molecule has 0 aromatic carbocycles. The lowest BCUT2D eigenvalue weighted by molar-refractivity contribution is -0.161. The second-order valence-electron chi connectivity index (χ2n) is 3.19. The molecule has 0 amide bonds. The summed E-state index contributed by atoms with van der Waals surface area (Å²) in [5.74, 6) is -1.64. The first-order chi connectivity index (χ1) is 7.62. The van der Waals surface area contributed by atoms with E-state index in [2.05, 4.69) is 11.0 Å². The molecule has 0 N–H and O–H groups in total. The van der Waals surface area contributed by atoms with Gasteiger partial charge in [-0.1, -0.05) is 13.5 Å². The molecule has 1 aromatic heterocycles. The van der Waals surface area contributed by atoms with Crippen LogP contribution in [-0.4, -0.2) is 0 Å². The zero-order chi connectivity index (χ0) is 13.4. The van der Waals surface area contributed by atoms with Crippen molar-refractivity contribution in [3.05, 3.63) is 29.2 Å². The topological polar surface area (TPSA) is 13.1 Å². The summed E-state index contributed by atoms with van der Waals surface area (Å²) in [4.78, 5) is 0. The van der Waals surface area contributed by atoms with Crippen molar-refractivity contribution in [2.24, 2.45) is 0 Å². The van der Waals surface area contributed by atoms with Crippen LogP contribution in [0, 0.1) is 0 Å². The fraction of sp³-hybridized carbons (Fsp3) is 0.400. The van der Waals surface area contributed by atoms with E-state index in [4.69, 9.17) is 0 Å². The highest BCUT2D eigenvalue weighted by Gasteiger charge is 2.49. The maximum absolute atomic E-state index is 12.6. The van der Waals surface area contributed by atoms with Gasteiger partial charge in [-0.25, -0.2) is 0 Å². The highest BCUT2D eigenvalue weighted by molar-refractivity contribution is 5.52. The van der Waals surface area contributed by atoms with Crippen LogP contribution in [-0.2, 0) is 18.8 Å². The van der Waals surface area contributed by atoms with Crippen LogP contribution >= 0.6 is 0 Å². The monoisotopic (exact) mass is 258 g/mol. The average Bonchev–Trinajstić information content (AvgIpc) is 2.54. The van der Waals surface area contributed by atoms with E-state index in [-0.39, 0.29) is 6.42 Å². The summed E-state index contributed by atoms with van der Waals surface area (Å²) in [5.41, 5.74) is -3.57. The van der Waals surface area contributed by atoms with Crippen molar-refractivity contribution in [3.63, 3.8) is 0 Å². The second-order valence-corrected chi connectivity index (χ2v) is 3.19. The van der Waals surface area contributed by atoms with Crippen molar-refractivity contribution in [1.82, 2.24) is 0 Å². The highest BCUT2D eigenvalue weighted by atomic mass is 19.4. The van der Waals surface area contributed by atoms with Gasteiger partial charge in [-0.15, -0.1) is 0 Å². The average molecular weight is 258 g/mol.